The zero-order chi connectivity index (χ0) is 13.0. The van der Waals surface area contributed by atoms with E-state index < -0.39 is 6.10 Å². The Morgan fingerprint density at radius 1 is 1.05 bits per heavy atom. The van der Waals surface area contributed by atoms with Crippen LogP contribution in [0.5, 0.6) is 0 Å². The van der Waals surface area contributed by atoms with Crippen LogP contribution in [0.15, 0.2) is 59.1 Å². The average molecular weight is 343 g/mol. The molecule has 0 aromatic heterocycles. The highest BCUT2D eigenvalue weighted by atomic mass is 79.9. The average Bonchev–Trinajstić information content (AvgIpc) is 2.39. The molecule has 0 aliphatic heterocycles. The van der Waals surface area contributed by atoms with Crippen LogP contribution in [0.4, 0.5) is 0 Å². The van der Waals surface area contributed by atoms with Crippen LogP contribution in [0.25, 0.3) is 0 Å². The molecule has 2 rings (SSSR count). The minimum atomic E-state index is -0.582. The summed E-state index contributed by atoms with van der Waals surface area (Å²) < 4.78 is 0.974. The number of aliphatic hydroxyl groups is 1. The first-order valence-corrected chi connectivity index (χ1v) is 6.69. The quantitative estimate of drug-likeness (QED) is 0.893. The third-order valence-electron chi connectivity index (χ3n) is 2.94. The van der Waals surface area contributed by atoms with Gasteiger partial charge in [0.05, 0.1) is 12.1 Å². The summed E-state index contributed by atoms with van der Waals surface area (Å²) in [5.41, 5.74) is 8.12. The molecule has 0 amide bonds. The van der Waals surface area contributed by atoms with Gasteiger partial charge in [-0.15, -0.1) is 12.4 Å². The van der Waals surface area contributed by atoms with Crippen LogP contribution in [-0.4, -0.2) is 11.2 Å². The monoisotopic (exact) mass is 341 g/mol. The van der Waals surface area contributed by atoms with E-state index in [1.165, 1.54) is 0 Å². The summed E-state index contributed by atoms with van der Waals surface area (Å²) in [7, 11) is 0. The third-order valence-corrected chi connectivity index (χ3v) is 3.43. The Balaban J connectivity index is 0.00000180. The van der Waals surface area contributed by atoms with Gasteiger partial charge in [-0.1, -0.05) is 58.4 Å². The van der Waals surface area contributed by atoms with Gasteiger partial charge in [-0.05, 0) is 23.3 Å². The number of rotatable bonds is 4. The molecule has 0 bridgehead atoms. The predicted molar refractivity (Wildman–Crippen MR) is 84.5 cm³/mol. The number of halogens is 2. The van der Waals surface area contributed by atoms with Crippen molar-refractivity contribution in [3.8, 4) is 0 Å². The molecule has 0 radical (unpaired) electrons. The summed E-state index contributed by atoms with van der Waals surface area (Å²) >= 11 is 3.41. The van der Waals surface area contributed by atoms with E-state index in [0.29, 0.717) is 6.42 Å². The fourth-order valence-corrected chi connectivity index (χ4v) is 2.34. The van der Waals surface area contributed by atoms with E-state index in [0.717, 1.165) is 15.6 Å². The van der Waals surface area contributed by atoms with E-state index in [2.05, 4.69) is 15.9 Å². The molecule has 0 unspecified atom stereocenters. The molecule has 0 saturated carbocycles. The minimum absolute atomic E-state index is 0. The molecule has 102 valence electrons. The van der Waals surface area contributed by atoms with Gasteiger partial charge in [-0.25, -0.2) is 0 Å². The Morgan fingerprint density at radius 2 is 1.74 bits per heavy atom. The summed E-state index contributed by atoms with van der Waals surface area (Å²) in [5.74, 6) is 0. The molecular weight excluding hydrogens is 326 g/mol. The van der Waals surface area contributed by atoms with E-state index in [1.54, 1.807) is 0 Å². The van der Waals surface area contributed by atoms with Crippen molar-refractivity contribution in [2.24, 2.45) is 5.73 Å². The topological polar surface area (TPSA) is 46.2 Å². The van der Waals surface area contributed by atoms with Gasteiger partial charge in [0.25, 0.3) is 0 Å². The highest BCUT2D eigenvalue weighted by Gasteiger charge is 2.17. The predicted octanol–water partition coefficient (Wildman–Crippen LogP) is 3.47. The summed E-state index contributed by atoms with van der Waals surface area (Å²) in [6, 6.07) is 17.3. The van der Waals surface area contributed by atoms with Gasteiger partial charge in [0.2, 0.25) is 0 Å². The van der Waals surface area contributed by atoms with Crippen LogP contribution in [0.2, 0.25) is 0 Å². The van der Waals surface area contributed by atoms with E-state index in [-0.39, 0.29) is 18.4 Å². The maximum atomic E-state index is 10.2. The number of hydrogen-bond donors (Lipinski definition) is 2. The zero-order valence-corrected chi connectivity index (χ0v) is 12.8. The van der Waals surface area contributed by atoms with E-state index in [9.17, 15) is 5.11 Å². The molecule has 0 spiro atoms. The first-order valence-electron chi connectivity index (χ1n) is 5.90. The van der Waals surface area contributed by atoms with Crippen LogP contribution >= 0.6 is 28.3 Å². The zero-order valence-electron chi connectivity index (χ0n) is 10.4. The molecule has 0 aliphatic rings. The Kier molecular flexibility index (Phi) is 6.52. The molecule has 0 saturated heterocycles. The Morgan fingerprint density at radius 3 is 2.37 bits per heavy atom. The highest BCUT2D eigenvalue weighted by Crippen LogP contribution is 2.21. The largest absolute Gasteiger partial charge is 0.391 e. The summed E-state index contributed by atoms with van der Waals surface area (Å²) in [5, 5.41) is 10.2. The van der Waals surface area contributed by atoms with E-state index in [4.69, 9.17) is 5.73 Å². The Hall–Kier alpha value is -0.870. The minimum Gasteiger partial charge on any atom is -0.391 e. The van der Waals surface area contributed by atoms with E-state index in [1.807, 2.05) is 54.6 Å². The molecule has 4 heteroatoms. The first-order chi connectivity index (χ1) is 8.66. The van der Waals surface area contributed by atoms with Crippen molar-refractivity contribution in [2.75, 3.05) is 0 Å². The lowest BCUT2D eigenvalue weighted by Crippen LogP contribution is -2.28. The molecule has 2 aromatic carbocycles. The molecule has 2 nitrogen and oxygen atoms in total. The Labute approximate surface area is 128 Å². The SMILES string of the molecule is Cl.N[C@@H](c1cccc(Br)c1)[C@H](O)Cc1ccccc1. The first kappa shape index (κ1) is 16.2. The number of aliphatic hydroxyl groups excluding tert-OH is 1. The van der Waals surface area contributed by atoms with Gasteiger partial charge < -0.3 is 10.8 Å². The van der Waals surface area contributed by atoms with Gasteiger partial charge >= 0.3 is 0 Å². The van der Waals surface area contributed by atoms with Crippen molar-refractivity contribution in [2.45, 2.75) is 18.6 Å². The standard InChI is InChI=1S/C15H16BrNO.ClH/c16-13-8-4-7-12(10-13)15(17)14(18)9-11-5-2-1-3-6-11;/h1-8,10,14-15,18H,9,17H2;1H/t14-,15+;/m1./s1. The van der Waals surface area contributed by atoms with E-state index >= 15 is 0 Å². The lowest BCUT2D eigenvalue weighted by molar-refractivity contribution is 0.145. The smallest absolute Gasteiger partial charge is 0.0773 e. The van der Waals surface area contributed by atoms with Crippen molar-refractivity contribution >= 4 is 28.3 Å². The summed E-state index contributed by atoms with van der Waals surface area (Å²) in [6.07, 6.45) is -0.0178. The van der Waals surface area contributed by atoms with Crippen molar-refractivity contribution in [1.82, 2.24) is 0 Å². The summed E-state index contributed by atoms with van der Waals surface area (Å²) in [6.45, 7) is 0. The van der Waals surface area contributed by atoms with Crippen LogP contribution in [0.1, 0.15) is 17.2 Å². The maximum absolute atomic E-state index is 10.2. The van der Waals surface area contributed by atoms with Gasteiger partial charge in [0.15, 0.2) is 0 Å². The normalized spacial score (nSPS) is 13.4. The molecule has 19 heavy (non-hydrogen) atoms. The lowest BCUT2D eigenvalue weighted by Gasteiger charge is -2.19. The second-order valence-electron chi connectivity index (χ2n) is 4.34. The van der Waals surface area contributed by atoms with Crippen molar-refractivity contribution in [3.05, 3.63) is 70.2 Å². The van der Waals surface area contributed by atoms with Gasteiger partial charge in [-0.3, -0.25) is 0 Å². The second-order valence-corrected chi connectivity index (χ2v) is 5.25. The maximum Gasteiger partial charge on any atom is 0.0773 e. The molecule has 0 aliphatic carbocycles. The van der Waals surface area contributed by atoms with Crippen molar-refractivity contribution < 1.29 is 5.11 Å². The number of hydrogen-bond acceptors (Lipinski definition) is 2. The molecule has 2 atom stereocenters. The van der Waals surface area contributed by atoms with Crippen LogP contribution in [0.3, 0.4) is 0 Å². The van der Waals surface area contributed by atoms with Gasteiger partial charge in [0.1, 0.15) is 0 Å². The van der Waals surface area contributed by atoms with Crippen molar-refractivity contribution in [3.63, 3.8) is 0 Å². The highest BCUT2D eigenvalue weighted by molar-refractivity contribution is 9.10. The van der Waals surface area contributed by atoms with Gasteiger partial charge in [0, 0.05) is 10.9 Å². The molecular formula is C15H17BrClNO. The fraction of sp³-hybridized carbons (Fsp3) is 0.200. The van der Waals surface area contributed by atoms with Crippen LogP contribution in [0, 0.1) is 0 Å². The lowest BCUT2D eigenvalue weighted by atomic mass is 9.97. The molecule has 2 aromatic rings. The van der Waals surface area contributed by atoms with Crippen LogP contribution in [-0.2, 0) is 6.42 Å². The number of benzene rings is 2. The second kappa shape index (κ2) is 7.65. The third kappa shape index (κ3) is 4.62. The number of nitrogens with two attached hydrogens (primary N) is 1. The van der Waals surface area contributed by atoms with Crippen molar-refractivity contribution in [1.29, 1.82) is 0 Å². The molecule has 0 heterocycles. The Bertz CT molecular complexity index is 507. The van der Waals surface area contributed by atoms with Gasteiger partial charge in [-0.2, -0.15) is 0 Å². The van der Waals surface area contributed by atoms with Crippen LogP contribution < -0.4 is 5.73 Å². The summed E-state index contributed by atoms with van der Waals surface area (Å²) in [4.78, 5) is 0. The molecule has 3 N–H and O–H groups in total. The molecule has 0 fully saturated rings. The fourth-order valence-electron chi connectivity index (χ4n) is 1.92.